The number of nitrogens with zero attached hydrogens (tertiary/aromatic N) is 1. The SMILES string of the molecule is O=c1cc([O-])n([C@@H]2O[C@H](COP(=O)(O)O)[C@@H](O)[C@H]2O)c(=O)[nH]1. The molecule has 5 N–H and O–H groups in total. The van der Waals surface area contributed by atoms with Crippen LogP contribution in [0.15, 0.2) is 15.7 Å². The van der Waals surface area contributed by atoms with Crippen molar-refractivity contribution in [2.24, 2.45) is 0 Å². The van der Waals surface area contributed by atoms with E-state index in [-0.39, 0.29) is 0 Å². The van der Waals surface area contributed by atoms with Gasteiger partial charge in [-0.2, -0.15) is 0 Å². The van der Waals surface area contributed by atoms with Gasteiger partial charge in [0.25, 0.3) is 5.56 Å². The van der Waals surface area contributed by atoms with E-state index in [1.54, 1.807) is 4.98 Å². The molecule has 12 nitrogen and oxygen atoms in total. The molecule has 2 rings (SSSR count). The fraction of sp³-hybridized carbons (Fsp3) is 0.556. The second-order valence-electron chi connectivity index (χ2n) is 4.48. The van der Waals surface area contributed by atoms with Crippen molar-refractivity contribution in [2.45, 2.75) is 24.5 Å². The molecule has 22 heavy (non-hydrogen) atoms. The lowest BCUT2D eigenvalue weighted by Crippen LogP contribution is -2.39. The third kappa shape index (κ3) is 3.44. The summed E-state index contributed by atoms with van der Waals surface area (Å²) in [6.07, 6.45) is -6.46. The van der Waals surface area contributed by atoms with Crippen molar-refractivity contribution in [2.75, 3.05) is 6.61 Å². The molecule has 0 spiro atoms. The summed E-state index contributed by atoms with van der Waals surface area (Å²) in [6, 6.07) is 0.545. The minimum atomic E-state index is -4.83. The molecule has 1 aliphatic rings. The van der Waals surface area contributed by atoms with Gasteiger partial charge in [-0.25, -0.2) is 9.36 Å². The minimum Gasteiger partial charge on any atom is -0.860 e. The Morgan fingerprint density at radius 2 is 2.00 bits per heavy atom. The molecule has 1 fully saturated rings. The summed E-state index contributed by atoms with van der Waals surface area (Å²) in [4.78, 5) is 41.5. The summed E-state index contributed by atoms with van der Waals surface area (Å²) < 4.78 is 20.2. The zero-order valence-corrected chi connectivity index (χ0v) is 11.6. The van der Waals surface area contributed by atoms with Crippen molar-refractivity contribution in [3.05, 3.63) is 26.9 Å². The predicted octanol–water partition coefficient (Wildman–Crippen LogP) is -3.66. The number of phosphoric acid groups is 1. The first-order valence-electron chi connectivity index (χ1n) is 5.85. The van der Waals surface area contributed by atoms with Crippen LogP contribution >= 0.6 is 7.82 Å². The second kappa shape index (κ2) is 5.93. The monoisotopic (exact) mass is 339 g/mol. The number of aromatic nitrogens is 2. The number of ether oxygens (including phenoxy) is 1. The third-order valence-electron chi connectivity index (χ3n) is 2.94. The molecule has 0 amide bonds. The number of H-pyrrole nitrogens is 1. The summed E-state index contributed by atoms with van der Waals surface area (Å²) in [6.45, 7) is -0.786. The van der Waals surface area contributed by atoms with Gasteiger partial charge < -0.3 is 29.8 Å². The Bertz CT molecular complexity index is 707. The molecule has 0 saturated carbocycles. The van der Waals surface area contributed by atoms with E-state index in [4.69, 9.17) is 14.5 Å². The molecule has 1 saturated heterocycles. The highest BCUT2D eigenvalue weighted by atomic mass is 31.2. The number of nitrogens with one attached hydrogen (secondary N) is 1. The van der Waals surface area contributed by atoms with Crippen molar-refractivity contribution in [1.82, 2.24) is 9.55 Å². The molecule has 1 aromatic rings. The molecule has 4 atom stereocenters. The summed E-state index contributed by atoms with van der Waals surface area (Å²) >= 11 is 0. The molecule has 1 aliphatic heterocycles. The Morgan fingerprint density at radius 3 is 2.55 bits per heavy atom. The Balaban J connectivity index is 2.26. The largest absolute Gasteiger partial charge is 0.860 e. The first-order valence-corrected chi connectivity index (χ1v) is 7.38. The fourth-order valence-corrected chi connectivity index (χ4v) is 2.32. The number of phosphoric ester groups is 1. The van der Waals surface area contributed by atoms with Crippen LogP contribution in [0.1, 0.15) is 6.23 Å². The predicted molar refractivity (Wildman–Crippen MR) is 64.7 cm³/mol. The maximum Gasteiger partial charge on any atom is 0.469 e. The van der Waals surface area contributed by atoms with E-state index in [0.717, 1.165) is 0 Å². The van der Waals surface area contributed by atoms with Gasteiger partial charge >= 0.3 is 13.5 Å². The van der Waals surface area contributed by atoms with Gasteiger partial charge in [-0.3, -0.25) is 18.9 Å². The maximum atomic E-state index is 11.6. The highest BCUT2D eigenvalue weighted by Crippen LogP contribution is 2.38. The van der Waals surface area contributed by atoms with Gasteiger partial charge in [-0.15, -0.1) is 0 Å². The van der Waals surface area contributed by atoms with Gasteiger partial charge in [0.05, 0.1) is 6.61 Å². The normalized spacial score (nSPS) is 28.9. The molecule has 1 aromatic heterocycles. The Morgan fingerprint density at radius 1 is 1.36 bits per heavy atom. The lowest BCUT2D eigenvalue weighted by Gasteiger charge is -2.23. The lowest BCUT2D eigenvalue weighted by molar-refractivity contribution is -0.285. The average molecular weight is 339 g/mol. The van der Waals surface area contributed by atoms with Crippen LogP contribution in [0, 0.1) is 0 Å². The van der Waals surface area contributed by atoms with Crippen LogP contribution in [0.4, 0.5) is 0 Å². The van der Waals surface area contributed by atoms with Gasteiger partial charge in [0.1, 0.15) is 18.3 Å². The van der Waals surface area contributed by atoms with Crippen LogP contribution in [-0.4, -0.2) is 54.5 Å². The van der Waals surface area contributed by atoms with Crippen molar-refractivity contribution >= 4 is 7.82 Å². The van der Waals surface area contributed by atoms with E-state index < -0.39 is 56.1 Å². The molecule has 0 bridgehead atoms. The van der Waals surface area contributed by atoms with Crippen LogP contribution in [0.3, 0.4) is 0 Å². The van der Waals surface area contributed by atoms with Crippen molar-refractivity contribution in [3.8, 4) is 5.88 Å². The van der Waals surface area contributed by atoms with Gasteiger partial charge in [-0.05, 0) is 5.88 Å². The van der Waals surface area contributed by atoms with Crippen molar-refractivity contribution in [3.63, 3.8) is 0 Å². The van der Waals surface area contributed by atoms with E-state index in [2.05, 4.69) is 4.52 Å². The minimum absolute atomic E-state index is 0.368. The smallest absolute Gasteiger partial charge is 0.469 e. The number of aromatic amines is 1. The van der Waals surface area contributed by atoms with Crippen LogP contribution in [0.25, 0.3) is 0 Å². The van der Waals surface area contributed by atoms with E-state index >= 15 is 0 Å². The zero-order valence-electron chi connectivity index (χ0n) is 10.7. The first kappa shape index (κ1) is 16.8. The number of hydrogen-bond donors (Lipinski definition) is 5. The van der Waals surface area contributed by atoms with Gasteiger partial charge in [0.2, 0.25) is 0 Å². The first-order chi connectivity index (χ1) is 10.1. The Kier molecular flexibility index (Phi) is 4.54. The van der Waals surface area contributed by atoms with Crippen molar-refractivity contribution in [1.29, 1.82) is 0 Å². The molecule has 0 aliphatic carbocycles. The van der Waals surface area contributed by atoms with E-state index in [1.165, 1.54) is 0 Å². The zero-order chi connectivity index (χ0) is 16.7. The molecule has 2 heterocycles. The van der Waals surface area contributed by atoms with E-state index in [0.29, 0.717) is 10.6 Å². The summed E-state index contributed by atoms with van der Waals surface area (Å²) in [5.74, 6) is -1.07. The average Bonchev–Trinajstić information content (AvgIpc) is 2.63. The Hall–Kier alpha value is -1.53. The third-order valence-corrected chi connectivity index (χ3v) is 3.43. The van der Waals surface area contributed by atoms with Gasteiger partial charge in [-0.1, -0.05) is 0 Å². The highest BCUT2D eigenvalue weighted by molar-refractivity contribution is 7.46. The summed E-state index contributed by atoms with van der Waals surface area (Å²) in [5, 5.41) is 31.2. The molecule has 124 valence electrons. The van der Waals surface area contributed by atoms with Crippen LogP contribution in [0.2, 0.25) is 0 Å². The van der Waals surface area contributed by atoms with E-state index in [1.807, 2.05) is 0 Å². The quantitative estimate of drug-likeness (QED) is 0.341. The number of aliphatic hydroxyl groups excluding tert-OH is 2. The summed E-state index contributed by atoms with van der Waals surface area (Å²) in [7, 11) is -4.83. The second-order valence-corrected chi connectivity index (χ2v) is 5.72. The fourth-order valence-electron chi connectivity index (χ4n) is 1.98. The van der Waals surface area contributed by atoms with Crippen LogP contribution in [0.5, 0.6) is 5.88 Å². The summed E-state index contributed by atoms with van der Waals surface area (Å²) in [5.41, 5.74) is -2.11. The van der Waals surface area contributed by atoms with Crippen LogP contribution < -0.4 is 16.4 Å². The highest BCUT2D eigenvalue weighted by Gasteiger charge is 2.45. The number of aliphatic hydroxyl groups is 2. The molecule has 0 radical (unpaired) electrons. The lowest BCUT2D eigenvalue weighted by atomic mass is 10.1. The van der Waals surface area contributed by atoms with Gasteiger partial charge in [0.15, 0.2) is 6.23 Å². The molecular weight excluding hydrogens is 327 g/mol. The van der Waals surface area contributed by atoms with E-state index in [9.17, 15) is 29.5 Å². The van der Waals surface area contributed by atoms with Gasteiger partial charge in [0, 0.05) is 6.07 Å². The Labute approximate surface area is 121 Å². The molecule has 13 heteroatoms. The molecule has 0 aromatic carbocycles. The maximum absolute atomic E-state index is 11.6. The van der Waals surface area contributed by atoms with Crippen LogP contribution in [-0.2, 0) is 13.8 Å². The van der Waals surface area contributed by atoms with Crippen molar-refractivity contribution < 1.29 is 38.9 Å². The topological polar surface area (TPSA) is 194 Å². The number of rotatable bonds is 4. The molecule has 0 unspecified atom stereocenters. The molecular formula is C9H12N2O10P-. The number of hydrogen-bond acceptors (Lipinski definition) is 8. The standard InChI is InChI=1S/C9H13N2O10P/c12-4-1-5(13)11(9(16)10-4)8-7(15)6(14)3(21-8)2-20-22(17,18)19/h1,3,6-8,13-15H,2H2,(H,10,12,16)(H2,17,18,19)/p-1/t3-,6-,7-,8-/m1/s1.